The molecule has 0 aliphatic rings. The maximum absolute atomic E-state index is 12.7. The minimum absolute atomic E-state index is 0.0359. The second-order valence-corrected chi connectivity index (χ2v) is 18.9. The van der Waals surface area contributed by atoms with Crippen LogP contribution in [0.2, 0.25) is 0 Å². The second kappa shape index (κ2) is 41.6. The Balaban J connectivity index is 4.21. The highest BCUT2D eigenvalue weighted by Crippen LogP contribution is 2.38. The fourth-order valence-electron chi connectivity index (χ4n) is 6.67. The van der Waals surface area contributed by atoms with E-state index in [9.17, 15) is 19.0 Å². The van der Waals surface area contributed by atoms with Gasteiger partial charge < -0.3 is 27.9 Å². The van der Waals surface area contributed by atoms with Crippen LogP contribution in [-0.4, -0.2) is 70.0 Å². The Labute approximate surface area is 363 Å². The van der Waals surface area contributed by atoms with E-state index in [0.717, 1.165) is 57.8 Å². The van der Waals surface area contributed by atoms with Crippen molar-refractivity contribution in [2.75, 3.05) is 47.5 Å². The van der Waals surface area contributed by atoms with Gasteiger partial charge in [-0.3, -0.25) is 14.2 Å². The summed E-state index contributed by atoms with van der Waals surface area (Å²) < 4.78 is 33.9. The molecule has 9 nitrogen and oxygen atoms in total. The molecule has 346 valence electrons. The number of esters is 2. The van der Waals surface area contributed by atoms with Gasteiger partial charge in [0, 0.05) is 12.8 Å². The molecule has 0 amide bonds. The Morgan fingerprint density at radius 2 is 0.966 bits per heavy atom. The van der Waals surface area contributed by atoms with Crippen LogP contribution in [0.4, 0.5) is 0 Å². The van der Waals surface area contributed by atoms with Crippen molar-refractivity contribution in [3.05, 3.63) is 36.5 Å². The molecule has 0 aromatic carbocycles. The van der Waals surface area contributed by atoms with Crippen molar-refractivity contribution in [3.63, 3.8) is 0 Å². The lowest BCUT2D eigenvalue weighted by Gasteiger charge is -2.28. The van der Waals surface area contributed by atoms with Gasteiger partial charge in [0.15, 0.2) is 6.10 Å². The van der Waals surface area contributed by atoms with Crippen molar-refractivity contribution in [3.8, 4) is 0 Å². The van der Waals surface area contributed by atoms with Gasteiger partial charge in [0.1, 0.15) is 19.8 Å². The Kier molecular flexibility index (Phi) is 40.3. The van der Waals surface area contributed by atoms with Crippen LogP contribution in [0.15, 0.2) is 36.5 Å². The summed E-state index contributed by atoms with van der Waals surface area (Å²) in [4.78, 5) is 37.6. The van der Waals surface area contributed by atoms with Crippen LogP contribution < -0.4 is 4.89 Å². The van der Waals surface area contributed by atoms with Crippen molar-refractivity contribution in [2.24, 2.45) is 0 Å². The van der Waals surface area contributed by atoms with E-state index in [4.69, 9.17) is 18.5 Å². The molecule has 0 spiro atoms. The van der Waals surface area contributed by atoms with E-state index in [0.29, 0.717) is 17.4 Å². The number of hydrogen-bond acceptors (Lipinski definition) is 8. The first kappa shape index (κ1) is 57.2. The molecule has 0 aliphatic carbocycles. The largest absolute Gasteiger partial charge is 0.756 e. The number of carbonyl (C=O) groups is 2. The summed E-state index contributed by atoms with van der Waals surface area (Å²) in [5, 5.41) is 0. The van der Waals surface area contributed by atoms with E-state index in [2.05, 4.69) is 50.3 Å². The maximum Gasteiger partial charge on any atom is 0.306 e. The monoisotopic (exact) mass is 854 g/mol. The van der Waals surface area contributed by atoms with Gasteiger partial charge in [-0.25, -0.2) is 0 Å². The highest BCUT2D eigenvalue weighted by atomic mass is 31.2. The predicted molar refractivity (Wildman–Crippen MR) is 245 cm³/mol. The van der Waals surface area contributed by atoms with Crippen LogP contribution in [0.5, 0.6) is 0 Å². The Hall–Kier alpha value is -1.77. The number of phosphoric ester groups is 1. The van der Waals surface area contributed by atoms with Gasteiger partial charge in [-0.1, -0.05) is 192 Å². The number of quaternary nitrogens is 1. The van der Waals surface area contributed by atoms with Crippen molar-refractivity contribution in [1.29, 1.82) is 0 Å². The lowest BCUT2D eigenvalue weighted by molar-refractivity contribution is -0.870. The molecule has 0 rings (SSSR count). The van der Waals surface area contributed by atoms with E-state index in [1.54, 1.807) is 0 Å². The van der Waals surface area contributed by atoms with E-state index in [1.807, 2.05) is 21.1 Å². The van der Waals surface area contributed by atoms with E-state index < -0.39 is 26.5 Å². The molecule has 0 aliphatic heterocycles. The van der Waals surface area contributed by atoms with Gasteiger partial charge >= 0.3 is 11.9 Å². The standard InChI is InChI=1S/C49H92NO8P/c1-6-8-10-12-14-16-18-20-21-22-23-24-25-26-27-28-30-31-33-35-37-39-41-48(51)55-45-47(46-57-59(53,54)56-44-43-50(3,4)5)58-49(52)42-40-38-36-34-32-29-19-17-15-13-11-9-7-2/h9,11,15,17,29,32,47H,6-8,10,12-14,16,18-28,30-31,33-46H2,1-5H3/b11-9-,17-15-,32-29-. The van der Waals surface area contributed by atoms with Crippen LogP contribution in [0.25, 0.3) is 0 Å². The fourth-order valence-corrected chi connectivity index (χ4v) is 7.40. The van der Waals surface area contributed by atoms with Crippen LogP contribution in [0, 0.1) is 0 Å². The van der Waals surface area contributed by atoms with Crippen LogP contribution in [0.1, 0.15) is 213 Å². The number of unbranched alkanes of at least 4 members (excludes halogenated alkanes) is 24. The summed E-state index contributed by atoms with van der Waals surface area (Å²) >= 11 is 0. The number of carbonyl (C=O) groups excluding carboxylic acids is 2. The average molecular weight is 854 g/mol. The lowest BCUT2D eigenvalue weighted by Crippen LogP contribution is -2.37. The molecule has 0 bridgehead atoms. The SMILES string of the molecule is CC/C=C\C/C=C\C/C=C\CCCCCC(=O)OC(COC(=O)CCCCCCCCCCCCCCCCCCCCCCCC)COP(=O)([O-])OCC[N+](C)(C)C. The summed E-state index contributed by atoms with van der Waals surface area (Å²) in [6.45, 7) is 4.10. The average Bonchev–Trinajstić information content (AvgIpc) is 3.19. The molecule has 59 heavy (non-hydrogen) atoms. The first-order chi connectivity index (χ1) is 28.5. The zero-order chi connectivity index (χ0) is 43.6. The lowest BCUT2D eigenvalue weighted by atomic mass is 10.0. The van der Waals surface area contributed by atoms with Gasteiger partial charge in [0.25, 0.3) is 7.82 Å². The molecule has 2 atom stereocenters. The topological polar surface area (TPSA) is 111 Å². The molecule has 2 unspecified atom stereocenters. The van der Waals surface area contributed by atoms with Crippen molar-refractivity contribution in [2.45, 2.75) is 219 Å². The van der Waals surface area contributed by atoms with Crippen molar-refractivity contribution in [1.82, 2.24) is 0 Å². The number of hydrogen-bond donors (Lipinski definition) is 0. The highest BCUT2D eigenvalue weighted by molar-refractivity contribution is 7.45. The van der Waals surface area contributed by atoms with E-state index in [1.165, 1.54) is 122 Å². The third-order valence-corrected chi connectivity index (χ3v) is 11.4. The fraction of sp³-hybridized carbons (Fsp3) is 0.837. The number of phosphoric acid groups is 1. The first-order valence-corrected chi connectivity index (χ1v) is 25.7. The number of nitrogens with zero attached hydrogens (tertiary/aromatic N) is 1. The Bertz CT molecular complexity index is 1100. The summed E-state index contributed by atoms with van der Waals surface area (Å²) in [6.07, 6.45) is 47.6. The van der Waals surface area contributed by atoms with E-state index >= 15 is 0 Å². The van der Waals surface area contributed by atoms with Crippen LogP contribution in [-0.2, 0) is 32.7 Å². The number of rotatable bonds is 44. The molecule has 0 fully saturated rings. The minimum Gasteiger partial charge on any atom is -0.756 e. The van der Waals surface area contributed by atoms with Gasteiger partial charge in [-0.2, -0.15) is 0 Å². The van der Waals surface area contributed by atoms with Crippen LogP contribution in [0.3, 0.4) is 0 Å². The number of allylic oxidation sites excluding steroid dienone is 6. The highest BCUT2D eigenvalue weighted by Gasteiger charge is 2.21. The predicted octanol–water partition coefficient (Wildman–Crippen LogP) is 13.5. The second-order valence-electron chi connectivity index (χ2n) is 17.5. The molecule has 0 saturated carbocycles. The summed E-state index contributed by atoms with van der Waals surface area (Å²) in [7, 11) is 1.15. The zero-order valence-electron chi connectivity index (χ0n) is 39.0. The molecule has 0 aromatic heterocycles. The molecule has 0 aromatic rings. The smallest absolute Gasteiger partial charge is 0.306 e. The minimum atomic E-state index is -4.63. The van der Waals surface area contributed by atoms with Crippen molar-refractivity contribution < 1.29 is 42.1 Å². The van der Waals surface area contributed by atoms with Gasteiger partial charge in [0.05, 0.1) is 27.7 Å². The molecule has 0 heterocycles. The molecule has 0 N–H and O–H groups in total. The van der Waals surface area contributed by atoms with Gasteiger partial charge in [-0.05, 0) is 44.9 Å². The number of likely N-dealkylation sites (N-methyl/N-ethyl adjacent to an activating group) is 1. The van der Waals surface area contributed by atoms with Gasteiger partial charge in [-0.15, -0.1) is 0 Å². The maximum atomic E-state index is 12.7. The normalized spacial score (nSPS) is 13.8. The van der Waals surface area contributed by atoms with E-state index in [-0.39, 0.29) is 32.0 Å². The molecule has 0 radical (unpaired) electrons. The summed E-state index contributed by atoms with van der Waals surface area (Å²) in [6, 6.07) is 0. The number of ether oxygens (including phenoxy) is 2. The quantitative estimate of drug-likeness (QED) is 0.0196. The molecule has 0 saturated heterocycles. The van der Waals surface area contributed by atoms with Gasteiger partial charge in [0.2, 0.25) is 0 Å². The summed E-state index contributed by atoms with van der Waals surface area (Å²) in [5.41, 5.74) is 0. The zero-order valence-corrected chi connectivity index (χ0v) is 39.8. The Morgan fingerprint density at radius 3 is 1.44 bits per heavy atom. The molecule has 10 heteroatoms. The Morgan fingerprint density at radius 1 is 0.542 bits per heavy atom. The first-order valence-electron chi connectivity index (χ1n) is 24.2. The van der Waals surface area contributed by atoms with Crippen molar-refractivity contribution >= 4 is 19.8 Å². The summed E-state index contributed by atoms with van der Waals surface area (Å²) in [5.74, 6) is -0.862. The third-order valence-electron chi connectivity index (χ3n) is 10.4. The third kappa shape index (κ3) is 45.6. The molecular weight excluding hydrogens is 762 g/mol. The van der Waals surface area contributed by atoms with Crippen LogP contribution >= 0.6 is 7.82 Å². The molecular formula is C49H92NO8P.